The molecule has 72 valence electrons. The molecule has 0 saturated carbocycles. The summed E-state index contributed by atoms with van der Waals surface area (Å²) in [6, 6.07) is 8.83. The van der Waals surface area contributed by atoms with Crippen LogP contribution in [0.3, 0.4) is 0 Å². The lowest BCUT2D eigenvalue weighted by Crippen LogP contribution is -2.17. The lowest BCUT2D eigenvalue weighted by Gasteiger charge is -2.19. The van der Waals surface area contributed by atoms with Crippen molar-refractivity contribution < 1.29 is 0 Å². The number of aryl methyl sites for hydroxylation is 1. The fourth-order valence-corrected chi connectivity index (χ4v) is 1.77. The van der Waals surface area contributed by atoms with E-state index in [1.54, 1.807) is 0 Å². The minimum Gasteiger partial charge on any atom is -0.381 e. The van der Waals surface area contributed by atoms with Gasteiger partial charge in [0.25, 0.3) is 0 Å². The largest absolute Gasteiger partial charge is 0.381 e. The third-order valence-corrected chi connectivity index (χ3v) is 2.58. The first-order valence-corrected chi connectivity index (χ1v) is 4.94. The summed E-state index contributed by atoms with van der Waals surface area (Å²) >= 11 is 0. The summed E-state index contributed by atoms with van der Waals surface area (Å²) < 4.78 is 0. The van der Waals surface area contributed by atoms with Crippen molar-refractivity contribution in [2.24, 2.45) is 0 Å². The highest BCUT2D eigenvalue weighted by Crippen LogP contribution is 2.22. The van der Waals surface area contributed by atoms with Crippen molar-refractivity contribution in [2.45, 2.75) is 19.9 Å². The zero-order valence-electron chi connectivity index (χ0n) is 8.62. The first kappa shape index (κ1) is 9.07. The monoisotopic (exact) mass is 185 g/mol. The van der Waals surface area contributed by atoms with E-state index in [0.717, 1.165) is 0 Å². The third-order valence-electron chi connectivity index (χ3n) is 2.58. The fourth-order valence-electron chi connectivity index (χ4n) is 1.77. The third kappa shape index (κ3) is 1.72. The first-order valence-electron chi connectivity index (χ1n) is 4.94. The average Bonchev–Trinajstić information content (AvgIpc) is 2.18. The number of rotatable bonds is 1. The van der Waals surface area contributed by atoms with Gasteiger partial charge >= 0.3 is 0 Å². The molecule has 0 bridgehead atoms. The fraction of sp³-hybridized carbons (Fsp3) is 0.231. The van der Waals surface area contributed by atoms with Crippen molar-refractivity contribution in [1.29, 1.82) is 0 Å². The first-order chi connectivity index (χ1) is 6.77. The molecule has 1 atom stereocenters. The van der Waals surface area contributed by atoms with Crippen molar-refractivity contribution in [3.8, 4) is 0 Å². The molecule has 1 aromatic carbocycles. The van der Waals surface area contributed by atoms with Gasteiger partial charge in [-0.15, -0.1) is 0 Å². The second-order valence-corrected chi connectivity index (χ2v) is 3.74. The number of hydrogen-bond acceptors (Lipinski definition) is 1. The van der Waals surface area contributed by atoms with E-state index in [1.165, 1.54) is 16.7 Å². The Morgan fingerprint density at radius 2 is 1.93 bits per heavy atom. The van der Waals surface area contributed by atoms with Crippen LogP contribution in [0.4, 0.5) is 0 Å². The van der Waals surface area contributed by atoms with Crippen molar-refractivity contribution in [3.63, 3.8) is 0 Å². The Morgan fingerprint density at radius 1 is 1.14 bits per heavy atom. The molecule has 1 N–H and O–H groups in total. The molecule has 1 nitrogen and oxygen atoms in total. The van der Waals surface area contributed by atoms with E-state index in [-0.39, 0.29) is 0 Å². The van der Waals surface area contributed by atoms with E-state index < -0.39 is 0 Å². The molecule has 0 aliphatic carbocycles. The maximum Gasteiger partial charge on any atom is 0.0700 e. The highest BCUT2D eigenvalue weighted by molar-refractivity contribution is 5.35. The van der Waals surface area contributed by atoms with Gasteiger partial charge in [0.15, 0.2) is 0 Å². The number of hydrogen-bond donors (Lipinski definition) is 1. The normalized spacial score (nSPS) is 20.1. The highest BCUT2D eigenvalue weighted by Gasteiger charge is 2.10. The Balaban J connectivity index is 2.33. The molecule has 14 heavy (non-hydrogen) atoms. The summed E-state index contributed by atoms with van der Waals surface area (Å²) in [6.07, 6.45) is 6.36. The molecule has 1 aromatic rings. The maximum absolute atomic E-state index is 3.35. The predicted octanol–water partition coefficient (Wildman–Crippen LogP) is 3.10. The van der Waals surface area contributed by atoms with Gasteiger partial charge in [-0.2, -0.15) is 0 Å². The van der Waals surface area contributed by atoms with Crippen LogP contribution < -0.4 is 5.32 Å². The van der Waals surface area contributed by atoms with Gasteiger partial charge in [-0.3, -0.25) is 0 Å². The molecule has 0 amide bonds. The molecule has 2 rings (SSSR count). The van der Waals surface area contributed by atoms with E-state index in [9.17, 15) is 0 Å². The molecule has 0 radical (unpaired) electrons. The molecule has 1 heterocycles. The summed E-state index contributed by atoms with van der Waals surface area (Å²) in [5.74, 6) is 0. The molecule has 1 heteroatoms. The standard InChI is InChI=1S/C13H15N/c1-10-7-8-14-13(9-10)12-6-4-3-5-11(12)2/h3-9,13-14H,1-2H3. The van der Waals surface area contributed by atoms with Crippen LogP contribution >= 0.6 is 0 Å². The minimum absolute atomic E-state index is 0.334. The molecule has 1 aliphatic rings. The smallest absolute Gasteiger partial charge is 0.0700 e. The molecule has 1 unspecified atom stereocenters. The van der Waals surface area contributed by atoms with Gasteiger partial charge in [-0.05, 0) is 37.3 Å². The summed E-state index contributed by atoms with van der Waals surface area (Å²) in [7, 11) is 0. The van der Waals surface area contributed by atoms with E-state index >= 15 is 0 Å². The van der Waals surface area contributed by atoms with Crippen LogP contribution in [0.1, 0.15) is 24.1 Å². The Kier molecular flexibility index (Phi) is 2.40. The van der Waals surface area contributed by atoms with Crippen LogP contribution in [-0.2, 0) is 0 Å². The van der Waals surface area contributed by atoms with Gasteiger partial charge < -0.3 is 5.32 Å². The Bertz CT molecular complexity index is 388. The lowest BCUT2D eigenvalue weighted by atomic mass is 9.98. The molecule has 0 spiro atoms. The van der Waals surface area contributed by atoms with Crippen molar-refractivity contribution in [3.05, 3.63) is 59.3 Å². The van der Waals surface area contributed by atoms with Crippen LogP contribution in [0.15, 0.2) is 48.2 Å². The van der Waals surface area contributed by atoms with Crippen LogP contribution in [0.25, 0.3) is 0 Å². The zero-order valence-corrected chi connectivity index (χ0v) is 8.62. The molecule has 0 aromatic heterocycles. The Morgan fingerprint density at radius 3 is 2.64 bits per heavy atom. The van der Waals surface area contributed by atoms with E-state index in [1.807, 2.05) is 6.20 Å². The Hall–Kier alpha value is -1.50. The van der Waals surface area contributed by atoms with Gasteiger partial charge in [0.2, 0.25) is 0 Å². The van der Waals surface area contributed by atoms with Gasteiger partial charge in [0.05, 0.1) is 6.04 Å². The summed E-state index contributed by atoms with van der Waals surface area (Å²) in [5.41, 5.74) is 4.01. The van der Waals surface area contributed by atoms with Gasteiger partial charge in [-0.25, -0.2) is 0 Å². The number of allylic oxidation sites excluding steroid dienone is 2. The topological polar surface area (TPSA) is 12.0 Å². The van der Waals surface area contributed by atoms with Gasteiger partial charge in [-0.1, -0.05) is 35.9 Å². The lowest BCUT2D eigenvalue weighted by molar-refractivity contribution is 0.734. The second-order valence-electron chi connectivity index (χ2n) is 3.74. The molecule has 0 saturated heterocycles. The summed E-state index contributed by atoms with van der Waals surface area (Å²) in [6.45, 7) is 4.28. The quantitative estimate of drug-likeness (QED) is 0.709. The minimum atomic E-state index is 0.334. The van der Waals surface area contributed by atoms with E-state index in [4.69, 9.17) is 0 Å². The number of nitrogens with one attached hydrogen (secondary N) is 1. The number of dihydropyridines is 1. The zero-order chi connectivity index (χ0) is 9.97. The molecule has 1 aliphatic heterocycles. The van der Waals surface area contributed by atoms with Gasteiger partial charge in [0, 0.05) is 0 Å². The van der Waals surface area contributed by atoms with Crippen molar-refractivity contribution in [2.75, 3.05) is 0 Å². The Labute approximate surface area is 85.2 Å². The molecular formula is C13H15N. The van der Waals surface area contributed by atoms with Crippen LogP contribution in [0.2, 0.25) is 0 Å². The summed E-state index contributed by atoms with van der Waals surface area (Å²) in [5, 5.41) is 3.35. The SMILES string of the molecule is CC1=CC(c2ccccc2C)NC=C1. The van der Waals surface area contributed by atoms with Crippen LogP contribution in [-0.4, -0.2) is 0 Å². The maximum atomic E-state index is 3.35. The van der Waals surface area contributed by atoms with Crippen molar-refractivity contribution in [1.82, 2.24) is 5.32 Å². The predicted molar refractivity (Wildman–Crippen MR) is 60.0 cm³/mol. The van der Waals surface area contributed by atoms with E-state index in [0.29, 0.717) is 6.04 Å². The molecular weight excluding hydrogens is 170 g/mol. The molecule has 0 fully saturated rings. The second kappa shape index (κ2) is 3.70. The van der Waals surface area contributed by atoms with Crippen LogP contribution in [0.5, 0.6) is 0 Å². The highest BCUT2D eigenvalue weighted by atomic mass is 14.9. The number of benzene rings is 1. The van der Waals surface area contributed by atoms with Crippen LogP contribution in [0, 0.1) is 6.92 Å². The van der Waals surface area contributed by atoms with Crippen molar-refractivity contribution >= 4 is 0 Å². The average molecular weight is 185 g/mol. The summed E-state index contributed by atoms with van der Waals surface area (Å²) in [4.78, 5) is 0. The van der Waals surface area contributed by atoms with E-state index in [2.05, 4.69) is 55.6 Å². The van der Waals surface area contributed by atoms with Gasteiger partial charge in [0.1, 0.15) is 0 Å².